The molecular formula is C24H16Cl3NO3. The zero-order valence-electron chi connectivity index (χ0n) is 16.3. The zero-order chi connectivity index (χ0) is 21.9. The molecule has 2 unspecified atom stereocenters. The number of anilines is 1. The first-order valence-corrected chi connectivity index (χ1v) is 10.8. The first kappa shape index (κ1) is 20.4. The number of nitrogens with zero attached hydrogens (tertiary/aromatic N) is 1. The van der Waals surface area contributed by atoms with Crippen LogP contribution in [0, 0.1) is 11.8 Å². The molecule has 1 aliphatic heterocycles. The second kappa shape index (κ2) is 7.56. The van der Waals surface area contributed by atoms with Crippen molar-refractivity contribution in [2.75, 3.05) is 12.0 Å². The van der Waals surface area contributed by atoms with Crippen molar-refractivity contribution in [3.05, 3.63) is 81.3 Å². The number of halogens is 3. The van der Waals surface area contributed by atoms with Gasteiger partial charge in [-0.2, -0.15) is 0 Å². The Bertz CT molecular complexity index is 1200. The molecule has 3 aromatic rings. The Kier molecular flexibility index (Phi) is 4.97. The number of piperidine rings is 1. The lowest BCUT2D eigenvalue weighted by atomic mass is 9.94. The molecule has 1 heterocycles. The fourth-order valence-electron chi connectivity index (χ4n) is 4.50. The van der Waals surface area contributed by atoms with Crippen LogP contribution in [0.4, 0.5) is 5.69 Å². The van der Waals surface area contributed by atoms with E-state index in [0.29, 0.717) is 20.8 Å². The second-order valence-corrected chi connectivity index (χ2v) is 8.99. The maximum atomic E-state index is 13.2. The van der Waals surface area contributed by atoms with Crippen molar-refractivity contribution in [3.8, 4) is 16.9 Å². The number of hydrogen-bond donors (Lipinski definition) is 0. The van der Waals surface area contributed by atoms with Gasteiger partial charge in [0.1, 0.15) is 5.75 Å². The van der Waals surface area contributed by atoms with Crippen LogP contribution in [0.15, 0.2) is 60.7 Å². The number of hydrogen-bond acceptors (Lipinski definition) is 3. The monoisotopic (exact) mass is 471 g/mol. The van der Waals surface area contributed by atoms with Crippen molar-refractivity contribution in [2.24, 2.45) is 11.8 Å². The highest BCUT2D eigenvalue weighted by Crippen LogP contribution is 2.61. The number of methoxy groups -OCH3 is 1. The smallest absolute Gasteiger partial charge is 0.238 e. The van der Waals surface area contributed by atoms with Gasteiger partial charge in [0.2, 0.25) is 11.8 Å². The Labute approximate surface area is 194 Å². The third-order valence-electron chi connectivity index (χ3n) is 5.89. The Morgan fingerprint density at radius 2 is 1.45 bits per heavy atom. The van der Waals surface area contributed by atoms with E-state index in [1.54, 1.807) is 31.4 Å². The van der Waals surface area contributed by atoms with Gasteiger partial charge in [0.15, 0.2) is 0 Å². The predicted molar refractivity (Wildman–Crippen MR) is 122 cm³/mol. The van der Waals surface area contributed by atoms with Crippen LogP contribution < -0.4 is 9.64 Å². The Morgan fingerprint density at radius 3 is 2.10 bits per heavy atom. The normalized spacial score (nSPS) is 21.9. The van der Waals surface area contributed by atoms with Gasteiger partial charge in [-0.3, -0.25) is 9.59 Å². The van der Waals surface area contributed by atoms with E-state index in [4.69, 9.17) is 39.5 Å². The fraction of sp³-hybridized carbons (Fsp3) is 0.167. The summed E-state index contributed by atoms with van der Waals surface area (Å²) in [7, 11) is 1.61. The van der Waals surface area contributed by atoms with E-state index in [1.807, 2.05) is 36.4 Å². The number of fused-ring (bicyclic) bond motifs is 1. The lowest BCUT2D eigenvalue weighted by molar-refractivity contribution is -0.123. The van der Waals surface area contributed by atoms with Crippen LogP contribution in [0.3, 0.4) is 0 Å². The van der Waals surface area contributed by atoms with E-state index in [9.17, 15) is 9.59 Å². The molecule has 1 aliphatic carbocycles. The standard InChI is InChI=1S/C24H16Cl3NO3/c1-31-17-4-2-3-12(7-17)19-11-13(25)5-6-18(19)20-21-22(20)24(30)28(23(21)29)16-9-14(26)8-15(27)10-16/h2-11,20-22H,1H3/t20?,21-,22?/m0/s1. The maximum absolute atomic E-state index is 13.2. The molecule has 156 valence electrons. The van der Waals surface area contributed by atoms with Gasteiger partial charge >= 0.3 is 0 Å². The molecule has 2 amide bonds. The minimum Gasteiger partial charge on any atom is -0.497 e. The number of imide groups is 1. The van der Waals surface area contributed by atoms with Crippen LogP contribution in [-0.2, 0) is 9.59 Å². The van der Waals surface area contributed by atoms with Crippen molar-refractivity contribution >= 4 is 52.3 Å². The molecule has 4 nitrogen and oxygen atoms in total. The number of benzene rings is 3. The van der Waals surface area contributed by atoms with Gasteiger partial charge in [-0.15, -0.1) is 0 Å². The maximum Gasteiger partial charge on any atom is 0.238 e. The number of amides is 2. The first-order chi connectivity index (χ1) is 14.9. The molecule has 0 bridgehead atoms. The van der Waals surface area contributed by atoms with Gasteiger partial charge in [0, 0.05) is 21.0 Å². The summed E-state index contributed by atoms with van der Waals surface area (Å²) in [5.41, 5.74) is 3.14. The molecule has 0 aromatic heterocycles. The van der Waals surface area contributed by atoms with E-state index >= 15 is 0 Å². The van der Waals surface area contributed by atoms with Gasteiger partial charge in [-0.05, 0) is 59.2 Å². The SMILES string of the molecule is COc1cccc(-c2cc(Cl)ccc2C2C3C(=O)N(c4cc(Cl)cc(Cl)c4)C(=O)[C@H]32)c1. The topological polar surface area (TPSA) is 46.6 Å². The molecule has 0 N–H and O–H groups in total. The molecule has 31 heavy (non-hydrogen) atoms. The molecule has 1 saturated heterocycles. The average molecular weight is 473 g/mol. The summed E-state index contributed by atoms with van der Waals surface area (Å²) in [5, 5.41) is 1.33. The molecule has 7 heteroatoms. The molecule has 2 aliphatic rings. The quantitative estimate of drug-likeness (QED) is 0.423. The molecule has 0 spiro atoms. The van der Waals surface area contributed by atoms with E-state index in [-0.39, 0.29) is 17.7 Å². The van der Waals surface area contributed by atoms with Crippen LogP contribution in [0.5, 0.6) is 5.75 Å². The lowest BCUT2D eigenvalue weighted by Crippen LogP contribution is -2.34. The number of carbonyl (C=O) groups excluding carboxylic acids is 2. The number of rotatable bonds is 4. The fourth-order valence-corrected chi connectivity index (χ4v) is 5.19. The summed E-state index contributed by atoms with van der Waals surface area (Å²) in [6, 6.07) is 17.9. The van der Waals surface area contributed by atoms with E-state index in [2.05, 4.69) is 0 Å². The van der Waals surface area contributed by atoms with E-state index < -0.39 is 11.8 Å². The number of carbonyl (C=O) groups is 2. The van der Waals surface area contributed by atoms with Gasteiger partial charge in [0.25, 0.3) is 0 Å². The Morgan fingerprint density at radius 1 is 0.774 bits per heavy atom. The summed E-state index contributed by atoms with van der Waals surface area (Å²) in [6.45, 7) is 0. The number of ether oxygens (including phenoxy) is 1. The third-order valence-corrected chi connectivity index (χ3v) is 6.56. The van der Waals surface area contributed by atoms with E-state index in [1.165, 1.54) is 4.90 Å². The predicted octanol–water partition coefficient (Wildman–Crippen LogP) is 6.23. The average Bonchev–Trinajstić information content (AvgIpc) is 3.42. The third kappa shape index (κ3) is 3.39. The minimum absolute atomic E-state index is 0.190. The summed E-state index contributed by atoms with van der Waals surface area (Å²) in [4.78, 5) is 27.5. The zero-order valence-corrected chi connectivity index (χ0v) is 18.6. The minimum atomic E-state index is -0.407. The van der Waals surface area contributed by atoms with Gasteiger partial charge in [-0.1, -0.05) is 53.0 Å². The van der Waals surface area contributed by atoms with Crippen LogP contribution in [0.2, 0.25) is 15.1 Å². The highest BCUT2D eigenvalue weighted by Gasteiger charge is 2.68. The van der Waals surface area contributed by atoms with Gasteiger partial charge < -0.3 is 4.74 Å². The van der Waals surface area contributed by atoms with Crippen molar-refractivity contribution in [2.45, 2.75) is 5.92 Å². The van der Waals surface area contributed by atoms with Crippen LogP contribution in [-0.4, -0.2) is 18.9 Å². The van der Waals surface area contributed by atoms with Gasteiger partial charge in [0.05, 0.1) is 24.6 Å². The van der Waals surface area contributed by atoms with Crippen molar-refractivity contribution in [1.29, 1.82) is 0 Å². The van der Waals surface area contributed by atoms with Gasteiger partial charge in [-0.25, -0.2) is 4.90 Å². The van der Waals surface area contributed by atoms with Crippen molar-refractivity contribution in [3.63, 3.8) is 0 Å². The van der Waals surface area contributed by atoms with Crippen LogP contribution in [0.25, 0.3) is 11.1 Å². The molecule has 1 saturated carbocycles. The molecule has 2 fully saturated rings. The highest BCUT2D eigenvalue weighted by atomic mass is 35.5. The largest absolute Gasteiger partial charge is 0.497 e. The lowest BCUT2D eigenvalue weighted by Gasteiger charge is -2.20. The first-order valence-electron chi connectivity index (χ1n) is 9.67. The second-order valence-electron chi connectivity index (χ2n) is 7.68. The Hall–Kier alpha value is -2.53. The van der Waals surface area contributed by atoms with Crippen molar-refractivity contribution < 1.29 is 14.3 Å². The van der Waals surface area contributed by atoms with Crippen molar-refractivity contribution in [1.82, 2.24) is 0 Å². The molecule has 3 aromatic carbocycles. The Balaban J connectivity index is 1.51. The highest BCUT2D eigenvalue weighted by molar-refractivity contribution is 6.36. The molecular weight excluding hydrogens is 457 g/mol. The van der Waals surface area contributed by atoms with Crippen LogP contribution in [0.1, 0.15) is 11.5 Å². The summed E-state index contributed by atoms with van der Waals surface area (Å²) in [6.07, 6.45) is 0. The summed E-state index contributed by atoms with van der Waals surface area (Å²) in [5.74, 6) is -0.749. The molecule has 5 rings (SSSR count). The summed E-state index contributed by atoms with van der Waals surface area (Å²) >= 11 is 18.4. The van der Waals surface area contributed by atoms with E-state index in [0.717, 1.165) is 22.4 Å². The van der Waals surface area contributed by atoms with Crippen LogP contribution >= 0.6 is 34.8 Å². The molecule has 0 radical (unpaired) electrons. The molecule has 3 atom stereocenters. The summed E-state index contributed by atoms with van der Waals surface area (Å²) < 4.78 is 5.34.